The number of benzene rings is 1. The molecule has 4 rings (SSSR count). The molecule has 0 bridgehead atoms. The molecule has 1 atom stereocenters. The highest BCUT2D eigenvalue weighted by molar-refractivity contribution is 7.99. The van der Waals surface area contributed by atoms with E-state index >= 15 is 0 Å². The van der Waals surface area contributed by atoms with Crippen LogP contribution in [0.25, 0.3) is 0 Å². The molecule has 2 aliphatic rings. The average molecular weight is 377 g/mol. The van der Waals surface area contributed by atoms with Gasteiger partial charge in [-0.15, -0.1) is 10.2 Å². The van der Waals surface area contributed by atoms with E-state index in [0.717, 1.165) is 16.5 Å². The molecule has 1 N–H and O–H groups in total. The molecule has 0 spiro atoms. The van der Waals surface area contributed by atoms with Gasteiger partial charge in [0.25, 0.3) is 0 Å². The number of halogens is 1. The first-order chi connectivity index (χ1) is 12.1. The number of nitrogens with zero attached hydrogens (tertiary/aromatic N) is 3. The zero-order valence-electron chi connectivity index (χ0n) is 14.1. The van der Waals surface area contributed by atoms with Crippen LogP contribution >= 0.6 is 23.4 Å². The Hall–Kier alpha value is -1.53. The van der Waals surface area contributed by atoms with E-state index in [9.17, 15) is 4.79 Å². The van der Waals surface area contributed by atoms with Crippen LogP contribution in [0.2, 0.25) is 5.02 Å². The predicted octanol–water partition coefficient (Wildman–Crippen LogP) is 4.11. The lowest BCUT2D eigenvalue weighted by atomic mass is 10.1. The molecule has 2 aliphatic carbocycles. The molecule has 1 aromatic heterocycles. The van der Waals surface area contributed by atoms with Crippen molar-refractivity contribution < 1.29 is 4.79 Å². The fraction of sp³-hybridized carbons (Fsp3) is 0.500. The van der Waals surface area contributed by atoms with E-state index in [1.54, 1.807) is 0 Å². The molecule has 1 heterocycles. The molecule has 1 aromatic carbocycles. The SMILES string of the molecule is CC(NC(=O)CSc1nnc(C2CC2)n1C1CC1)c1ccccc1Cl. The summed E-state index contributed by atoms with van der Waals surface area (Å²) >= 11 is 7.67. The lowest BCUT2D eigenvalue weighted by Gasteiger charge is -2.15. The summed E-state index contributed by atoms with van der Waals surface area (Å²) in [5, 5.41) is 13.3. The Bertz CT molecular complexity index is 785. The van der Waals surface area contributed by atoms with Crippen molar-refractivity contribution in [3.63, 3.8) is 0 Å². The quantitative estimate of drug-likeness (QED) is 0.738. The van der Waals surface area contributed by atoms with Gasteiger partial charge in [0, 0.05) is 17.0 Å². The molecule has 1 amide bonds. The molecule has 132 valence electrons. The zero-order valence-corrected chi connectivity index (χ0v) is 15.7. The number of nitrogens with one attached hydrogen (secondary N) is 1. The molecular formula is C18H21ClN4OS. The molecule has 0 saturated heterocycles. The van der Waals surface area contributed by atoms with Crippen molar-refractivity contribution in [3.8, 4) is 0 Å². The lowest BCUT2D eigenvalue weighted by Crippen LogP contribution is -2.28. The molecule has 7 heteroatoms. The molecule has 0 aliphatic heterocycles. The third-order valence-electron chi connectivity index (χ3n) is 4.63. The van der Waals surface area contributed by atoms with Gasteiger partial charge in [0.15, 0.2) is 5.16 Å². The Morgan fingerprint density at radius 1 is 1.32 bits per heavy atom. The van der Waals surface area contributed by atoms with Crippen LogP contribution in [-0.4, -0.2) is 26.4 Å². The highest BCUT2D eigenvalue weighted by Gasteiger charge is 2.36. The third kappa shape index (κ3) is 3.85. The molecule has 0 radical (unpaired) electrons. The van der Waals surface area contributed by atoms with Gasteiger partial charge < -0.3 is 9.88 Å². The van der Waals surface area contributed by atoms with Gasteiger partial charge in [0.2, 0.25) is 5.91 Å². The summed E-state index contributed by atoms with van der Waals surface area (Å²) < 4.78 is 2.27. The van der Waals surface area contributed by atoms with Crippen LogP contribution in [0.3, 0.4) is 0 Å². The van der Waals surface area contributed by atoms with E-state index in [-0.39, 0.29) is 11.9 Å². The first-order valence-corrected chi connectivity index (χ1v) is 10.1. The Kier molecular flexibility index (Phi) is 4.73. The smallest absolute Gasteiger partial charge is 0.230 e. The van der Waals surface area contributed by atoms with Crippen molar-refractivity contribution >= 4 is 29.3 Å². The second kappa shape index (κ2) is 7.00. The number of carbonyl (C=O) groups is 1. The predicted molar refractivity (Wildman–Crippen MR) is 99.0 cm³/mol. The maximum atomic E-state index is 12.3. The maximum absolute atomic E-state index is 12.3. The Morgan fingerprint density at radius 2 is 2.08 bits per heavy atom. The minimum absolute atomic E-state index is 0.0178. The van der Waals surface area contributed by atoms with Crippen LogP contribution in [-0.2, 0) is 4.79 Å². The second-order valence-electron chi connectivity index (χ2n) is 6.82. The Labute approximate surface area is 156 Å². The first kappa shape index (κ1) is 16.9. The number of carbonyl (C=O) groups excluding carboxylic acids is 1. The topological polar surface area (TPSA) is 59.8 Å². The highest BCUT2D eigenvalue weighted by atomic mass is 35.5. The van der Waals surface area contributed by atoms with Crippen LogP contribution in [0.15, 0.2) is 29.4 Å². The summed E-state index contributed by atoms with van der Waals surface area (Å²) in [7, 11) is 0. The maximum Gasteiger partial charge on any atom is 0.230 e. The Balaban J connectivity index is 1.37. The number of thioether (sulfide) groups is 1. The van der Waals surface area contributed by atoms with Crippen molar-refractivity contribution in [3.05, 3.63) is 40.7 Å². The van der Waals surface area contributed by atoms with E-state index in [2.05, 4.69) is 20.1 Å². The fourth-order valence-corrected chi connectivity index (χ4v) is 4.12. The minimum Gasteiger partial charge on any atom is -0.349 e. The van der Waals surface area contributed by atoms with Gasteiger partial charge in [-0.25, -0.2) is 0 Å². The molecular weight excluding hydrogens is 356 g/mol. The number of hydrogen-bond acceptors (Lipinski definition) is 4. The molecule has 2 fully saturated rings. The number of hydrogen-bond donors (Lipinski definition) is 1. The fourth-order valence-electron chi connectivity index (χ4n) is 3.00. The molecule has 25 heavy (non-hydrogen) atoms. The average Bonchev–Trinajstić information content (AvgIpc) is 3.52. The van der Waals surface area contributed by atoms with E-state index in [4.69, 9.17) is 11.6 Å². The minimum atomic E-state index is -0.120. The van der Waals surface area contributed by atoms with Gasteiger partial charge in [0.1, 0.15) is 5.82 Å². The number of rotatable bonds is 7. The Morgan fingerprint density at radius 3 is 2.76 bits per heavy atom. The first-order valence-electron chi connectivity index (χ1n) is 8.75. The van der Waals surface area contributed by atoms with E-state index in [1.165, 1.54) is 37.4 Å². The monoisotopic (exact) mass is 376 g/mol. The van der Waals surface area contributed by atoms with Crippen molar-refractivity contribution in [1.29, 1.82) is 0 Å². The standard InChI is InChI=1S/C18H21ClN4OS/c1-11(14-4-2-3-5-15(14)19)20-16(24)10-25-18-22-21-17(12-6-7-12)23(18)13-8-9-13/h2-5,11-13H,6-10H2,1H3,(H,20,24). The summed E-state index contributed by atoms with van der Waals surface area (Å²) in [4.78, 5) is 12.3. The summed E-state index contributed by atoms with van der Waals surface area (Å²) in [5.41, 5.74) is 0.930. The van der Waals surface area contributed by atoms with Gasteiger partial charge >= 0.3 is 0 Å². The largest absolute Gasteiger partial charge is 0.349 e. The van der Waals surface area contributed by atoms with Crippen LogP contribution < -0.4 is 5.32 Å². The highest BCUT2D eigenvalue weighted by Crippen LogP contribution is 2.45. The van der Waals surface area contributed by atoms with Crippen molar-refractivity contribution in [2.75, 3.05) is 5.75 Å². The van der Waals surface area contributed by atoms with E-state index < -0.39 is 0 Å². The van der Waals surface area contributed by atoms with Gasteiger partial charge in [-0.05, 0) is 44.2 Å². The molecule has 1 unspecified atom stereocenters. The van der Waals surface area contributed by atoms with E-state index in [0.29, 0.717) is 22.7 Å². The van der Waals surface area contributed by atoms with Gasteiger partial charge in [-0.1, -0.05) is 41.6 Å². The molecule has 5 nitrogen and oxygen atoms in total. The lowest BCUT2D eigenvalue weighted by molar-refractivity contribution is -0.119. The van der Waals surface area contributed by atoms with Crippen LogP contribution in [0.5, 0.6) is 0 Å². The molecule has 2 saturated carbocycles. The van der Waals surface area contributed by atoms with Gasteiger partial charge in [-0.3, -0.25) is 4.79 Å². The van der Waals surface area contributed by atoms with Gasteiger partial charge in [0.05, 0.1) is 11.8 Å². The van der Waals surface area contributed by atoms with Gasteiger partial charge in [-0.2, -0.15) is 0 Å². The van der Waals surface area contributed by atoms with Crippen molar-refractivity contribution in [1.82, 2.24) is 20.1 Å². The van der Waals surface area contributed by atoms with Crippen molar-refractivity contribution in [2.24, 2.45) is 0 Å². The normalized spacial score (nSPS) is 18.2. The molecule has 2 aromatic rings. The van der Waals surface area contributed by atoms with Crippen molar-refractivity contribution in [2.45, 2.75) is 55.8 Å². The second-order valence-corrected chi connectivity index (χ2v) is 8.17. The summed E-state index contributed by atoms with van der Waals surface area (Å²) in [6, 6.07) is 8.01. The van der Waals surface area contributed by atoms with E-state index in [1.807, 2.05) is 31.2 Å². The van der Waals surface area contributed by atoms with Crippen LogP contribution in [0, 0.1) is 0 Å². The third-order valence-corrected chi connectivity index (χ3v) is 5.91. The summed E-state index contributed by atoms with van der Waals surface area (Å²) in [6.07, 6.45) is 4.82. The summed E-state index contributed by atoms with van der Waals surface area (Å²) in [5.74, 6) is 2.02. The summed E-state index contributed by atoms with van der Waals surface area (Å²) in [6.45, 7) is 1.95. The van der Waals surface area contributed by atoms with Crippen LogP contribution in [0.1, 0.15) is 62.0 Å². The number of amides is 1. The van der Waals surface area contributed by atoms with Crippen LogP contribution in [0.4, 0.5) is 0 Å². The number of aromatic nitrogens is 3. The zero-order chi connectivity index (χ0) is 17.4.